The van der Waals surface area contributed by atoms with E-state index in [1.54, 1.807) is 36.4 Å². The van der Waals surface area contributed by atoms with Gasteiger partial charge >= 0.3 is 0 Å². The lowest BCUT2D eigenvalue weighted by atomic mass is 9.84. The maximum absolute atomic E-state index is 15.2. The number of amides is 1. The quantitative estimate of drug-likeness (QED) is 0.381. The average molecular weight is 512 g/mol. The minimum Gasteiger partial charge on any atom is -0.382 e. The number of benzene rings is 2. The summed E-state index contributed by atoms with van der Waals surface area (Å²) in [5, 5.41) is 0. The molecule has 192 valence electrons. The second-order valence-corrected chi connectivity index (χ2v) is 10.0. The summed E-state index contributed by atoms with van der Waals surface area (Å²) >= 11 is 0. The highest BCUT2D eigenvalue weighted by atomic mass is 19.1. The van der Waals surface area contributed by atoms with Crippen molar-refractivity contribution in [2.75, 3.05) is 19.4 Å². The van der Waals surface area contributed by atoms with Crippen LogP contribution in [0.15, 0.2) is 55.2 Å². The van der Waals surface area contributed by atoms with Crippen LogP contribution in [0, 0.1) is 12.7 Å². The lowest BCUT2D eigenvalue weighted by molar-refractivity contribution is -0.0611. The second-order valence-electron chi connectivity index (χ2n) is 10.0. The number of carbonyl (C=O) groups is 1. The molecule has 1 aliphatic heterocycles. The van der Waals surface area contributed by atoms with Crippen LogP contribution in [0.4, 0.5) is 10.2 Å². The van der Waals surface area contributed by atoms with Gasteiger partial charge in [0.25, 0.3) is 5.91 Å². The Bertz CT molecular complexity index is 1730. The van der Waals surface area contributed by atoms with Crippen LogP contribution in [0.5, 0.6) is 0 Å². The molecular formula is C28H26FN7O2. The Labute approximate surface area is 218 Å². The molecule has 2 aromatic carbocycles. The van der Waals surface area contributed by atoms with E-state index in [1.807, 2.05) is 32.9 Å². The van der Waals surface area contributed by atoms with E-state index in [0.29, 0.717) is 22.4 Å². The Balaban J connectivity index is 1.40. The number of nitrogens with two attached hydrogens (primary N) is 1. The maximum Gasteiger partial charge on any atom is 0.257 e. The van der Waals surface area contributed by atoms with Crippen molar-refractivity contribution in [2.45, 2.75) is 32.4 Å². The highest BCUT2D eigenvalue weighted by molar-refractivity contribution is 5.98. The number of rotatable bonds is 3. The molecule has 0 aliphatic carbocycles. The Hall–Kier alpha value is -4.44. The fourth-order valence-corrected chi connectivity index (χ4v) is 5.06. The number of hydrogen-bond donors (Lipinski definition) is 1. The van der Waals surface area contributed by atoms with Crippen molar-refractivity contribution in [2.24, 2.45) is 0 Å². The molecule has 1 aliphatic rings. The zero-order chi connectivity index (χ0) is 26.8. The van der Waals surface area contributed by atoms with Gasteiger partial charge in [0.2, 0.25) is 0 Å². The first-order valence-electron chi connectivity index (χ1n) is 12.2. The van der Waals surface area contributed by atoms with Gasteiger partial charge in [-0.1, -0.05) is 12.1 Å². The van der Waals surface area contributed by atoms with Crippen LogP contribution < -0.4 is 5.73 Å². The van der Waals surface area contributed by atoms with Gasteiger partial charge in [-0.15, -0.1) is 0 Å². The molecule has 1 atom stereocenters. The summed E-state index contributed by atoms with van der Waals surface area (Å²) < 4.78 is 23.2. The standard InChI is InChI=1S/C28H26FN7O2/c1-15-32-10-17(11-33-15)16-5-6-18-20(7-16)28(2,3)38-13-25(18)35(4)27(37)19-8-23-22(9-21(19)29)34-26(30)24-12-31-14-36(23)24/h5-12,14,25H,13H2,1-4H3,(H2,30,34)/t25-/m1/s1. The maximum atomic E-state index is 15.2. The number of fused-ring (bicyclic) bond motifs is 4. The molecule has 3 aromatic heterocycles. The van der Waals surface area contributed by atoms with Crippen molar-refractivity contribution in [3.05, 3.63) is 83.6 Å². The number of aromatic nitrogens is 5. The van der Waals surface area contributed by atoms with Crippen molar-refractivity contribution in [3.8, 4) is 11.1 Å². The molecule has 0 spiro atoms. The van der Waals surface area contributed by atoms with Crippen molar-refractivity contribution < 1.29 is 13.9 Å². The van der Waals surface area contributed by atoms with E-state index in [4.69, 9.17) is 10.5 Å². The largest absolute Gasteiger partial charge is 0.382 e. The summed E-state index contributed by atoms with van der Waals surface area (Å²) in [5.74, 6) is -0.206. The molecule has 0 saturated heterocycles. The van der Waals surface area contributed by atoms with Crippen LogP contribution in [0.1, 0.15) is 47.2 Å². The van der Waals surface area contributed by atoms with Gasteiger partial charge in [-0.2, -0.15) is 0 Å². The van der Waals surface area contributed by atoms with Crippen LogP contribution in [0.2, 0.25) is 0 Å². The summed E-state index contributed by atoms with van der Waals surface area (Å²) in [7, 11) is 1.66. The third-order valence-electron chi connectivity index (χ3n) is 7.26. The number of anilines is 1. The Morgan fingerprint density at radius 2 is 1.89 bits per heavy atom. The highest BCUT2D eigenvalue weighted by Gasteiger charge is 2.37. The number of carbonyl (C=O) groups excluding carboxylic acids is 1. The van der Waals surface area contributed by atoms with Gasteiger partial charge in [-0.05, 0) is 49.6 Å². The number of halogens is 1. The summed E-state index contributed by atoms with van der Waals surface area (Å²) in [6, 6.07) is 8.36. The Kier molecular flexibility index (Phi) is 5.39. The van der Waals surface area contributed by atoms with Crippen LogP contribution >= 0.6 is 0 Å². The molecule has 9 nitrogen and oxygen atoms in total. The van der Waals surface area contributed by atoms with Crippen LogP contribution in [-0.4, -0.2) is 48.8 Å². The zero-order valence-corrected chi connectivity index (χ0v) is 21.4. The molecule has 2 N–H and O–H groups in total. The molecule has 0 fully saturated rings. The van der Waals surface area contributed by atoms with E-state index < -0.39 is 23.4 Å². The average Bonchev–Trinajstić information content (AvgIpc) is 3.39. The predicted octanol–water partition coefficient (Wildman–Crippen LogP) is 4.45. The van der Waals surface area contributed by atoms with Gasteiger partial charge in [-0.25, -0.2) is 24.3 Å². The minimum absolute atomic E-state index is 0.0682. The van der Waals surface area contributed by atoms with Crippen molar-refractivity contribution >= 4 is 28.3 Å². The zero-order valence-electron chi connectivity index (χ0n) is 21.4. The van der Waals surface area contributed by atoms with E-state index in [-0.39, 0.29) is 18.0 Å². The number of ether oxygens (including phenoxy) is 1. The first-order valence-corrected chi connectivity index (χ1v) is 12.2. The monoisotopic (exact) mass is 511 g/mol. The number of likely N-dealkylation sites (N-methyl/N-ethyl adjacent to an activating group) is 1. The number of nitrogen functional groups attached to an aromatic ring is 1. The van der Waals surface area contributed by atoms with Crippen LogP contribution in [0.3, 0.4) is 0 Å². The lowest BCUT2D eigenvalue weighted by Gasteiger charge is -2.41. The van der Waals surface area contributed by atoms with Crippen molar-refractivity contribution in [1.29, 1.82) is 0 Å². The molecule has 5 aromatic rings. The fourth-order valence-electron chi connectivity index (χ4n) is 5.06. The molecule has 38 heavy (non-hydrogen) atoms. The number of nitrogens with zero attached hydrogens (tertiary/aromatic N) is 6. The summed E-state index contributed by atoms with van der Waals surface area (Å²) in [6.07, 6.45) is 6.72. The van der Waals surface area contributed by atoms with Crippen molar-refractivity contribution in [3.63, 3.8) is 0 Å². The van der Waals surface area contributed by atoms with Gasteiger partial charge in [0, 0.05) is 31.1 Å². The SMILES string of the molecule is Cc1ncc(-c2ccc3c(c2)C(C)(C)OC[C@H]3N(C)C(=O)c2cc3c(cc2F)nc(N)c2cncn23)cn1. The molecule has 0 unspecified atom stereocenters. The van der Waals surface area contributed by atoms with Gasteiger partial charge in [0.1, 0.15) is 23.0 Å². The molecule has 0 bridgehead atoms. The minimum atomic E-state index is -0.673. The molecule has 0 saturated carbocycles. The molecule has 1 amide bonds. The van der Waals surface area contributed by atoms with E-state index in [2.05, 4.69) is 26.0 Å². The number of hydrogen-bond acceptors (Lipinski definition) is 7. The molecule has 4 heterocycles. The normalized spacial score (nSPS) is 16.5. The van der Waals surface area contributed by atoms with Gasteiger partial charge in [0.05, 0.1) is 47.4 Å². The van der Waals surface area contributed by atoms with E-state index in [0.717, 1.165) is 22.3 Å². The second kappa shape index (κ2) is 8.56. The van der Waals surface area contributed by atoms with Gasteiger partial charge in [0.15, 0.2) is 0 Å². The molecule has 10 heteroatoms. The summed E-state index contributed by atoms with van der Waals surface area (Å²) in [5.41, 5.74) is 10.5. The molecular weight excluding hydrogens is 485 g/mol. The summed E-state index contributed by atoms with van der Waals surface area (Å²) in [4.78, 5) is 32.2. The number of aryl methyl sites for hydroxylation is 1. The van der Waals surface area contributed by atoms with Gasteiger partial charge < -0.3 is 15.4 Å². The Morgan fingerprint density at radius 1 is 1.13 bits per heavy atom. The third-order valence-corrected chi connectivity index (χ3v) is 7.26. The fraction of sp³-hybridized carbons (Fsp3) is 0.250. The smallest absolute Gasteiger partial charge is 0.257 e. The Morgan fingerprint density at radius 3 is 2.66 bits per heavy atom. The molecule has 0 radical (unpaired) electrons. The molecule has 6 rings (SSSR count). The highest BCUT2D eigenvalue weighted by Crippen LogP contribution is 2.41. The van der Waals surface area contributed by atoms with E-state index >= 15 is 4.39 Å². The van der Waals surface area contributed by atoms with E-state index in [1.165, 1.54) is 17.0 Å². The first-order chi connectivity index (χ1) is 18.1. The number of imidazole rings is 1. The topological polar surface area (TPSA) is 112 Å². The lowest BCUT2D eigenvalue weighted by Crippen LogP contribution is -2.41. The van der Waals surface area contributed by atoms with Crippen molar-refractivity contribution in [1.82, 2.24) is 29.2 Å². The van der Waals surface area contributed by atoms with Gasteiger partial charge in [-0.3, -0.25) is 9.20 Å². The third kappa shape index (κ3) is 3.76. The first kappa shape index (κ1) is 23.9. The van der Waals surface area contributed by atoms with Crippen LogP contribution in [-0.2, 0) is 10.3 Å². The summed E-state index contributed by atoms with van der Waals surface area (Å²) in [6.45, 7) is 6.11. The van der Waals surface area contributed by atoms with Crippen LogP contribution in [0.25, 0.3) is 27.7 Å². The predicted molar refractivity (Wildman–Crippen MR) is 141 cm³/mol. The van der Waals surface area contributed by atoms with E-state index in [9.17, 15) is 4.79 Å².